The number of aromatic nitrogens is 1. The van der Waals surface area contributed by atoms with E-state index in [1.54, 1.807) is 6.07 Å². The third-order valence-electron chi connectivity index (χ3n) is 9.02. The number of hydrogen-bond donors (Lipinski definition) is 3. The summed E-state index contributed by atoms with van der Waals surface area (Å²) in [7, 11) is -2.07. The molecule has 1 heterocycles. The summed E-state index contributed by atoms with van der Waals surface area (Å²) < 4.78 is 18.4. The molecule has 0 bridgehead atoms. The first-order valence-electron chi connectivity index (χ1n) is 17.3. The molecule has 3 aromatic carbocycles. The lowest BCUT2D eigenvalue weighted by molar-refractivity contribution is 0.0528. The highest BCUT2D eigenvalue weighted by Crippen LogP contribution is 2.38. The molecule has 0 saturated carbocycles. The van der Waals surface area contributed by atoms with Gasteiger partial charge in [-0.2, -0.15) is 0 Å². The smallest absolute Gasteiger partial charge is 0.407 e. The van der Waals surface area contributed by atoms with Crippen molar-refractivity contribution in [3.63, 3.8) is 0 Å². The summed E-state index contributed by atoms with van der Waals surface area (Å²) in [4.78, 5) is 27.7. The molecule has 1 aromatic heterocycles. The van der Waals surface area contributed by atoms with Crippen LogP contribution in [0.3, 0.4) is 0 Å². The molecule has 4 rings (SSSR count). The maximum Gasteiger partial charge on any atom is 0.407 e. The van der Waals surface area contributed by atoms with Crippen LogP contribution in [0.15, 0.2) is 83.7 Å². The fourth-order valence-corrected chi connectivity index (χ4v) is 6.45. The molecule has 2 atom stereocenters. The van der Waals surface area contributed by atoms with Crippen LogP contribution in [0.25, 0.3) is 10.9 Å². The minimum atomic E-state index is -2.07. The van der Waals surface area contributed by atoms with Crippen molar-refractivity contribution in [3.05, 3.63) is 111 Å². The molecule has 0 unspecified atom stereocenters. The van der Waals surface area contributed by atoms with E-state index < -0.39 is 20.0 Å². The van der Waals surface area contributed by atoms with Crippen LogP contribution >= 0.6 is 0 Å². The van der Waals surface area contributed by atoms with E-state index in [4.69, 9.17) is 13.9 Å². The largest absolute Gasteiger partial charge is 0.487 e. The first-order valence-corrected chi connectivity index (χ1v) is 20.2. The van der Waals surface area contributed by atoms with Gasteiger partial charge in [-0.1, -0.05) is 81.4 Å². The molecule has 0 fully saturated rings. The number of alkyl carbamates (subject to hydrolysis) is 1. The number of H-pyrrole nitrogens is 1. The van der Waals surface area contributed by atoms with Crippen molar-refractivity contribution in [2.45, 2.75) is 104 Å². The lowest BCUT2D eigenvalue weighted by atomic mass is 9.98. The molecule has 0 radical (unpaired) electrons. The molecular weight excluding hydrogens is 631 g/mol. The predicted molar refractivity (Wildman–Crippen MR) is 202 cm³/mol. The molecule has 0 aliphatic carbocycles. The van der Waals surface area contributed by atoms with Crippen molar-refractivity contribution < 1.29 is 18.7 Å². The van der Waals surface area contributed by atoms with Crippen LogP contribution in [-0.2, 0) is 28.6 Å². The van der Waals surface area contributed by atoms with Crippen molar-refractivity contribution in [2.75, 3.05) is 13.2 Å². The average Bonchev–Trinajstić information content (AvgIpc) is 3.01. The Morgan fingerprint density at radius 2 is 1.57 bits per heavy atom. The number of pyridine rings is 1. The summed E-state index contributed by atoms with van der Waals surface area (Å²) in [5.41, 5.74) is 4.44. The summed E-state index contributed by atoms with van der Waals surface area (Å²) in [5, 5.41) is 7.72. The lowest BCUT2D eigenvalue weighted by Gasteiger charge is -2.38. The molecule has 49 heavy (non-hydrogen) atoms. The molecule has 264 valence electrons. The van der Waals surface area contributed by atoms with Crippen molar-refractivity contribution in [2.24, 2.45) is 0 Å². The van der Waals surface area contributed by atoms with E-state index in [9.17, 15) is 9.59 Å². The molecular formula is C40H55N3O5Si. The molecule has 8 nitrogen and oxygen atoms in total. The van der Waals surface area contributed by atoms with E-state index in [1.807, 2.05) is 63.2 Å². The van der Waals surface area contributed by atoms with Crippen molar-refractivity contribution in [1.82, 2.24) is 15.6 Å². The second-order valence-corrected chi connectivity index (χ2v) is 20.2. The van der Waals surface area contributed by atoms with E-state index in [0.717, 1.165) is 28.5 Å². The molecule has 0 spiro atoms. The van der Waals surface area contributed by atoms with E-state index in [1.165, 1.54) is 5.56 Å². The van der Waals surface area contributed by atoms with Crippen molar-refractivity contribution in [1.29, 1.82) is 0 Å². The molecule has 0 aliphatic rings. The standard InChI is InChI=1S/C40H55N3O5Si/c1-28(24-31-17-13-16-29(25-31)22-23-41-38(45)48-39(2,3)4)42-34(27-47-49(8,9)40(5,6)7)32-18-20-35(37-33(32)19-21-36(44)43-37)46-26-30-14-11-10-12-15-30/h10-21,25,28,34,42H,22-24,26-27H2,1-9H3,(H,41,45)(H,43,44)/t28-,34+/m1/s1. The lowest BCUT2D eigenvalue weighted by Crippen LogP contribution is -2.44. The molecule has 0 saturated heterocycles. The second kappa shape index (κ2) is 16.2. The fraction of sp³-hybridized carbons (Fsp3) is 0.450. The van der Waals surface area contributed by atoms with Crippen molar-refractivity contribution in [3.8, 4) is 5.75 Å². The number of rotatable bonds is 14. The number of benzene rings is 3. The second-order valence-electron chi connectivity index (χ2n) is 15.4. The maximum atomic E-state index is 12.5. The van der Waals surface area contributed by atoms with E-state index >= 15 is 0 Å². The van der Waals surface area contributed by atoms with Gasteiger partial charge >= 0.3 is 6.09 Å². The first kappa shape index (κ1) is 37.9. The molecule has 1 amide bonds. The Bertz CT molecular complexity index is 1740. The minimum absolute atomic E-state index is 0.0599. The highest BCUT2D eigenvalue weighted by molar-refractivity contribution is 6.74. The molecule has 4 aromatic rings. The van der Waals surface area contributed by atoms with Gasteiger partial charge in [-0.15, -0.1) is 0 Å². The number of hydrogen-bond acceptors (Lipinski definition) is 6. The van der Waals surface area contributed by atoms with Gasteiger partial charge in [0.25, 0.3) is 0 Å². The molecule has 3 N–H and O–H groups in total. The number of amides is 1. The zero-order chi connectivity index (χ0) is 35.8. The minimum Gasteiger partial charge on any atom is -0.487 e. The monoisotopic (exact) mass is 685 g/mol. The Kier molecular flexibility index (Phi) is 12.5. The quantitative estimate of drug-likeness (QED) is 0.115. The molecule has 0 aliphatic heterocycles. The van der Waals surface area contributed by atoms with Gasteiger partial charge in [0.15, 0.2) is 8.32 Å². The van der Waals surface area contributed by atoms with Gasteiger partial charge in [-0.3, -0.25) is 4.79 Å². The van der Waals surface area contributed by atoms with Crippen LogP contribution in [0.1, 0.15) is 76.8 Å². The van der Waals surface area contributed by atoms with Crippen LogP contribution in [0, 0.1) is 0 Å². The topological polar surface area (TPSA) is 102 Å². The Morgan fingerprint density at radius 1 is 0.878 bits per heavy atom. The number of fused-ring (bicyclic) bond motifs is 1. The Labute approximate surface area is 293 Å². The van der Waals surface area contributed by atoms with Crippen molar-refractivity contribution >= 4 is 25.3 Å². The molecule has 9 heteroatoms. The van der Waals surface area contributed by atoms with E-state index in [-0.39, 0.29) is 22.7 Å². The summed E-state index contributed by atoms with van der Waals surface area (Å²) in [6.07, 6.45) is 1.11. The third-order valence-corrected chi connectivity index (χ3v) is 13.5. The third kappa shape index (κ3) is 11.3. The SMILES string of the molecule is C[C@H](Cc1cccc(CCNC(=O)OC(C)(C)C)c1)N[C@@H](CO[Si](C)(C)C(C)(C)C)c1ccc(OCc2ccccc2)c2[nH]c(=O)ccc12. The summed E-state index contributed by atoms with van der Waals surface area (Å²) in [6, 6.07) is 26.0. The van der Waals surface area contributed by atoms with Crippen LogP contribution in [0.5, 0.6) is 5.75 Å². The van der Waals surface area contributed by atoms with Gasteiger partial charge in [0, 0.05) is 24.0 Å². The Balaban J connectivity index is 1.55. The number of aromatic amines is 1. The number of ether oxygens (including phenoxy) is 2. The number of carbonyl (C=O) groups is 1. The van der Waals surface area contributed by atoms with Gasteiger partial charge < -0.3 is 29.5 Å². The van der Waals surface area contributed by atoms with Crippen LogP contribution < -0.4 is 20.9 Å². The summed E-state index contributed by atoms with van der Waals surface area (Å²) >= 11 is 0. The van der Waals surface area contributed by atoms with Gasteiger partial charge in [0.1, 0.15) is 18.0 Å². The fourth-order valence-electron chi connectivity index (χ4n) is 5.43. The summed E-state index contributed by atoms with van der Waals surface area (Å²) in [5.74, 6) is 0.635. The van der Waals surface area contributed by atoms with E-state index in [0.29, 0.717) is 37.4 Å². The van der Waals surface area contributed by atoms with Gasteiger partial charge in [0.05, 0.1) is 18.2 Å². The highest BCUT2D eigenvalue weighted by Gasteiger charge is 2.38. The average molecular weight is 686 g/mol. The van der Waals surface area contributed by atoms with Crippen LogP contribution in [0.4, 0.5) is 4.79 Å². The van der Waals surface area contributed by atoms with Gasteiger partial charge in [-0.25, -0.2) is 4.79 Å². The number of carbonyl (C=O) groups excluding carboxylic acids is 1. The number of nitrogens with one attached hydrogen (secondary N) is 3. The zero-order valence-corrected chi connectivity index (χ0v) is 31.7. The van der Waals surface area contributed by atoms with E-state index in [2.05, 4.69) is 86.7 Å². The van der Waals surface area contributed by atoms with Gasteiger partial charge in [-0.05, 0) is 93.1 Å². The first-order chi connectivity index (χ1) is 23.0. The predicted octanol–water partition coefficient (Wildman–Crippen LogP) is 8.46. The Hall–Kier alpha value is -3.92. The summed E-state index contributed by atoms with van der Waals surface area (Å²) in [6.45, 7) is 20.4. The zero-order valence-electron chi connectivity index (χ0n) is 30.7. The van der Waals surface area contributed by atoms with Gasteiger partial charge in [0.2, 0.25) is 5.56 Å². The maximum absolute atomic E-state index is 12.5. The van der Waals surface area contributed by atoms with Crippen LogP contribution in [0.2, 0.25) is 18.1 Å². The normalized spacial score (nSPS) is 13.6. The van der Waals surface area contributed by atoms with Crippen LogP contribution in [-0.4, -0.2) is 44.2 Å². The Morgan fingerprint density at radius 3 is 2.27 bits per heavy atom. The highest BCUT2D eigenvalue weighted by atomic mass is 28.4.